The van der Waals surface area contributed by atoms with Crippen molar-refractivity contribution in [3.05, 3.63) is 89.5 Å². The van der Waals surface area contributed by atoms with E-state index in [4.69, 9.17) is 5.73 Å². The van der Waals surface area contributed by atoms with Crippen LogP contribution in [0.15, 0.2) is 61.2 Å². The molecular weight excluding hydrogens is 416 g/mol. The number of ketones is 1. The molecule has 5 aromatic rings. The van der Waals surface area contributed by atoms with Crippen LogP contribution >= 0.6 is 0 Å². The third-order valence-electron chi connectivity index (χ3n) is 5.16. The van der Waals surface area contributed by atoms with E-state index in [9.17, 15) is 18.4 Å². The van der Waals surface area contributed by atoms with Crippen molar-refractivity contribution in [3.63, 3.8) is 0 Å². The standard InChI is InChI=1S/C23H13F2N5O2/c24-16-3-2-13(22(26)32)20(25)19(16)21(31)15-10-30-23-14(15)7-12(9-29-23)11-1-4-17-18(8-11)28-6-5-27-17/h1-10H,(H2,26,32)(H,29,30). The summed E-state index contributed by atoms with van der Waals surface area (Å²) < 4.78 is 29.1. The van der Waals surface area contributed by atoms with Gasteiger partial charge in [-0.15, -0.1) is 0 Å². The molecule has 32 heavy (non-hydrogen) atoms. The van der Waals surface area contributed by atoms with Crippen molar-refractivity contribution in [1.29, 1.82) is 0 Å². The molecule has 0 bridgehead atoms. The zero-order valence-electron chi connectivity index (χ0n) is 16.3. The summed E-state index contributed by atoms with van der Waals surface area (Å²) in [5, 5.41) is 0.370. The molecule has 3 N–H and O–H groups in total. The number of pyridine rings is 1. The van der Waals surface area contributed by atoms with Gasteiger partial charge in [0.05, 0.1) is 22.2 Å². The number of H-pyrrole nitrogens is 1. The van der Waals surface area contributed by atoms with Gasteiger partial charge in [0.1, 0.15) is 17.3 Å². The fraction of sp³-hybridized carbons (Fsp3) is 0. The molecule has 0 atom stereocenters. The number of amides is 1. The van der Waals surface area contributed by atoms with Gasteiger partial charge in [-0.1, -0.05) is 6.07 Å². The van der Waals surface area contributed by atoms with Crippen molar-refractivity contribution in [1.82, 2.24) is 19.9 Å². The number of nitrogens with two attached hydrogens (primary N) is 1. The lowest BCUT2D eigenvalue weighted by atomic mass is 9.98. The van der Waals surface area contributed by atoms with Crippen LogP contribution in [0.25, 0.3) is 33.2 Å². The molecule has 0 fully saturated rings. The number of benzene rings is 2. The van der Waals surface area contributed by atoms with E-state index < -0.39 is 34.5 Å². The second-order valence-electron chi connectivity index (χ2n) is 7.06. The second-order valence-corrected chi connectivity index (χ2v) is 7.06. The van der Waals surface area contributed by atoms with Gasteiger partial charge < -0.3 is 10.7 Å². The molecule has 0 saturated heterocycles. The Morgan fingerprint density at radius 2 is 1.66 bits per heavy atom. The van der Waals surface area contributed by atoms with Gasteiger partial charge in [0, 0.05) is 41.3 Å². The Bertz CT molecular complexity index is 1560. The van der Waals surface area contributed by atoms with Gasteiger partial charge in [0.2, 0.25) is 5.78 Å². The van der Waals surface area contributed by atoms with Crippen LogP contribution in [0.5, 0.6) is 0 Å². The number of fused-ring (bicyclic) bond motifs is 2. The molecule has 0 aliphatic rings. The lowest BCUT2D eigenvalue weighted by molar-refractivity contribution is 0.0996. The maximum absolute atomic E-state index is 14.7. The summed E-state index contributed by atoms with van der Waals surface area (Å²) in [6.45, 7) is 0. The molecule has 0 saturated carbocycles. The molecule has 3 aromatic heterocycles. The Balaban J connectivity index is 1.64. The van der Waals surface area contributed by atoms with E-state index in [-0.39, 0.29) is 5.56 Å². The smallest absolute Gasteiger partial charge is 0.251 e. The number of hydrogen-bond acceptors (Lipinski definition) is 5. The predicted octanol–water partition coefficient (Wildman–Crippen LogP) is 3.78. The fourth-order valence-electron chi connectivity index (χ4n) is 3.58. The Morgan fingerprint density at radius 3 is 2.44 bits per heavy atom. The number of nitrogens with zero attached hydrogens (tertiary/aromatic N) is 3. The van der Waals surface area contributed by atoms with Crippen molar-refractivity contribution in [2.45, 2.75) is 0 Å². The van der Waals surface area contributed by atoms with Crippen molar-refractivity contribution < 1.29 is 18.4 Å². The highest BCUT2D eigenvalue weighted by atomic mass is 19.1. The molecule has 156 valence electrons. The molecule has 0 radical (unpaired) electrons. The van der Waals surface area contributed by atoms with Crippen LogP contribution < -0.4 is 5.73 Å². The highest BCUT2D eigenvalue weighted by Crippen LogP contribution is 2.29. The van der Waals surface area contributed by atoms with Gasteiger partial charge in [-0.25, -0.2) is 13.8 Å². The van der Waals surface area contributed by atoms with Gasteiger partial charge in [-0.2, -0.15) is 0 Å². The van der Waals surface area contributed by atoms with Crippen molar-refractivity contribution in [3.8, 4) is 11.1 Å². The van der Waals surface area contributed by atoms with Gasteiger partial charge >= 0.3 is 0 Å². The maximum Gasteiger partial charge on any atom is 0.251 e. The van der Waals surface area contributed by atoms with E-state index in [0.717, 1.165) is 23.2 Å². The van der Waals surface area contributed by atoms with Crippen LogP contribution in [0, 0.1) is 11.6 Å². The van der Waals surface area contributed by atoms with Gasteiger partial charge in [0.25, 0.3) is 5.91 Å². The van der Waals surface area contributed by atoms with Crippen LogP contribution in [0.1, 0.15) is 26.3 Å². The van der Waals surface area contributed by atoms with Crippen LogP contribution in [0.3, 0.4) is 0 Å². The third-order valence-corrected chi connectivity index (χ3v) is 5.16. The number of hydrogen-bond donors (Lipinski definition) is 2. The SMILES string of the molecule is NC(=O)c1ccc(F)c(C(=O)c2c[nH]c3ncc(-c4ccc5nccnc5c4)cc23)c1F. The summed E-state index contributed by atoms with van der Waals surface area (Å²) in [5.74, 6) is -4.42. The van der Waals surface area contributed by atoms with Crippen molar-refractivity contribution in [2.75, 3.05) is 0 Å². The maximum atomic E-state index is 14.7. The van der Waals surface area contributed by atoms with E-state index in [1.807, 2.05) is 18.2 Å². The number of rotatable bonds is 4. The lowest BCUT2D eigenvalue weighted by Gasteiger charge is -2.07. The molecule has 2 aromatic carbocycles. The quantitative estimate of drug-likeness (QED) is 0.422. The van der Waals surface area contributed by atoms with Crippen LogP contribution in [0.4, 0.5) is 8.78 Å². The first-order valence-corrected chi connectivity index (χ1v) is 9.45. The molecule has 7 nitrogen and oxygen atoms in total. The molecule has 0 spiro atoms. The largest absolute Gasteiger partial charge is 0.366 e. The molecular formula is C23H13F2N5O2. The summed E-state index contributed by atoms with van der Waals surface area (Å²) in [7, 11) is 0. The Morgan fingerprint density at radius 1 is 0.875 bits per heavy atom. The van der Waals surface area contributed by atoms with Crippen LogP contribution in [-0.4, -0.2) is 31.6 Å². The number of carbonyl (C=O) groups is 2. The second kappa shape index (κ2) is 7.31. The van der Waals surface area contributed by atoms with E-state index in [2.05, 4.69) is 19.9 Å². The first-order valence-electron chi connectivity index (χ1n) is 9.45. The Hall–Kier alpha value is -4.53. The van der Waals surface area contributed by atoms with Crippen LogP contribution in [-0.2, 0) is 0 Å². The summed E-state index contributed by atoms with van der Waals surface area (Å²) >= 11 is 0. The Labute approximate surface area is 179 Å². The average Bonchev–Trinajstić information content (AvgIpc) is 3.21. The number of aromatic amines is 1. The molecule has 1 amide bonds. The van der Waals surface area contributed by atoms with Gasteiger partial charge in [0.15, 0.2) is 0 Å². The summed E-state index contributed by atoms with van der Waals surface area (Å²) in [5.41, 5.74) is 6.94. The minimum Gasteiger partial charge on any atom is -0.366 e. The first-order chi connectivity index (χ1) is 15.4. The molecule has 0 unspecified atom stereocenters. The molecule has 9 heteroatoms. The summed E-state index contributed by atoms with van der Waals surface area (Å²) in [6.07, 6.45) is 6.11. The normalized spacial score (nSPS) is 11.2. The molecule has 3 heterocycles. The van der Waals surface area contributed by atoms with Gasteiger partial charge in [-0.3, -0.25) is 19.6 Å². The van der Waals surface area contributed by atoms with Gasteiger partial charge in [-0.05, 0) is 35.9 Å². The molecule has 0 aliphatic carbocycles. The van der Waals surface area contributed by atoms with Crippen molar-refractivity contribution >= 4 is 33.8 Å². The van der Waals surface area contributed by atoms with E-state index in [1.165, 1.54) is 6.20 Å². The fourth-order valence-corrected chi connectivity index (χ4v) is 3.58. The number of nitrogens with one attached hydrogen (secondary N) is 1. The van der Waals surface area contributed by atoms with Crippen molar-refractivity contribution in [2.24, 2.45) is 5.73 Å². The minimum atomic E-state index is -1.30. The van der Waals surface area contributed by atoms with E-state index in [0.29, 0.717) is 22.1 Å². The highest BCUT2D eigenvalue weighted by molar-refractivity contribution is 6.17. The zero-order valence-corrected chi connectivity index (χ0v) is 16.3. The molecule has 5 rings (SSSR count). The topological polar surface area (TPSA) is 115 Å². The van der Waals surface area contributed by atoms with Crippen LogP contribution in [0.2, 0.25) is 0 Å². The van der Waals surface area contributed by atoms with E-state index >= 15 is 0 Å². The summed E-state index contributed by atoms with van der Waals surface area (Å²) in [4.78, 5) is 40.2. The average molecular weight is 429 g/mol. The third kappa shape index (κ3) is 3.07. The Kier molecular flexibility index (Phi) is 4.44. The lowest BCUT2D eigenvalue weighted by Crippen LogP contribution is -2.17. The number of aromatic nitrogens is 4. The summed E-state index contributed by atoms with van der Waals surface area (Å²) in [6, 6.07) is 8.91. The number of carbonyl (C=O) groups excluding carboxylic acids is 2. The predicted molar refractivity (Wildman–Crippen MR) is 113 cm³/mol. The highest BCUT2D eigenvalue weighted by Gasteiger charge is 2.25. The monoisotopic (exact) mass is 429 g/mol. The van der Waals surface area contributed by atoms with E-state index in [1.54, 1.807) is 24.7 Å². The first kappa shape index (κ1) is 19.4. The number of halogens is 2. The molecule has 0 aliphatic heterocycles. The minimum absolute atomic E-state index is 0.00866. The zero-order chi connectivity index (χ0) is 22.4. The number of primary amides is 1.